The van der Waals surface area contributed by atoms with E-state index in [4.69, 9.17) is 4.74 Å². The van der Waals surface area contributed by atoms with Crippen molar-refractivity contribution in [1.82, 2.24) is 4.90 Å². The number of aliphatic hydroxyl groups excluding tert-OH is 1. The van der Waals surface area contributed by atoms with Gasteiger partial charge in [-0.25, -0.2) is 0 Å². The van der Waals surface area contributed by atoms with Crippen LogP contribution in [0.4, 0.5) is 5.69 Å². The van der Waals surface area contributed by atoms with Crippen molar-refractivity contribution in [2.75, 3.05) is 31.1 Å². The van der Waals surface area contributed by atoms with E-state index in [1.54, 1.807) is 0 Å². The molecule has 2 aliphatic heterocycles. The summed E-state index contributed by atoms with van der Waals surface area (Å²) >= 11 is 0. The van der Waals surface area contributed by atoms with Crippen LogP contribution in [0, 0.1) is 0 Å². The molecule has 4 nitrogen and oxygen atoms in total. The summed E-state index contributed by atoms with van der Waals surface area (Å²) in [4.78, 5) is 4.49. The Labute approximate surface area is 152 Å². The van der Waals surface area contributed by atoms with Crippen molar-refractivity contribution >= 4 is 11.8 Å². The van der Waals surface area contributed by atoms with Crippen LogP contribution in [0.2, 0.25) is 0 Å². The van der Waals surface area contributed by atoms with Crippen molar-refractivity contribution in [3.63, 3.8) is 0 Å². The average molecular weight is 344 g/mol. The van der Waals surface area contributed by atoms with Crippen molar-refractivity contribution in [3.05, 3.63) is 35.4 Å². The molecule has 1 aromatic carbocycles. The van der Waals surface area contributed by atoms with E-state index in [0.717, 1.165) is 25.9 Å². The van der Waals surface area contributed by atoms with Crippen molar-refractivity contribution < 1.29 is 9.84 Å². The standard InChI is InChI=1S/C21H32N2O2/c1-21(2,3)25-20(24)23-13-9-17(10-14-23)15-18-7-6-8-19(16-18)22-11-4-5-12-22/h6-8,15-16,20,24H,4-5,9-14H2,1-3H3. The van der Waals surface area contributed by atoms with Crippen LogP contribution in [-0.2, 0) is 4.74 Å². The number of benzene rings is 1. The predicted molar refractivity (Wildman–Crippen MR) is 104 cm³/mol. The molecule has 2 heterocycles. The number of piperidine rings is 1. The SMILES string of the molecule is CC(C)(C)OC(O)N1CCC(=Cc2cccc(N3CCCC3)c2)CC1. The highest BCUT2D eigenvalue weighted by molar-refractivity contribution is 5.60. The molecule has 0 amide bonds. The number of aliphatic hydroxyl groups is 1. The molecule has 1 N–H and O–H groups in total. The van der Waals surface area contributed by atoms with Crippen molar-refractivity contribution in [2.24, 2.45) is 0 Å². The number of nitrogens with zero attached hydrogens (tertiary/aromatic N) is 2. The minimum atomic E-state index is -0.806. The molecule has 0 aliphatic carbocycles. The predicted octanol–water partition coefficient (Wildman–Crippen LogP) is 3.86. The van der Waals surface area contributed by atoms with Crippen LogP contribution in [0.1, 0.15) is 52.0 Å². The summed E-state index contributed by atoms with van der Waals surface area (Å²) in [6, 6.07) is 8.88. The molecule has 0 aromatic heterocycles. The molecule has 1 aromatic rings. The van der Waals surface area contributed by atoms with Crippen molar-refractivity contribution in [2.45, 2.75) is 58.5 Å². The lowest BCUT2D eigenvalue weighted by Gasteiger charge is -2.35. The maximum Gasteiger partial charge on any atom is 0.216 e. The first kappa shape index (κ1) is 18.4. The van der Waals surface area contributed by atoms with E-state index in [0.29, 0.717) is 0 Å². The van der Waals surface area contributed by atoms with Gasteiger partial charge in [0, 0.05) is 31.9 Å². The fourth-order valence-electron chi connectivity index (χ4n) is 3.59. The molecular formula is C21H32N2O2. The molecule has 0 saturated carbocycles. The monoisotopic (exact) mass is 344 g/mol. The highest BCUT2D eigenvalue weighted by Gasteiger charge is 2.25. The summed E-state index contributed by atoms with van der Waals surface area (Å²) in [5.74, 6) is 0. The molecule has 2 aliphatic rings. The second-order valence-electron chi connectivity index (χ2n) is 8.18. The fourth-order valence-corrected chi connectivity index (χ4v) is 3.59. The second-order valence-corrected chi connectivity index (χ2v) is 8.18. The lowest BCUT2D eigenvalue weighted by atomic mass is 10.0. The first-order valence-corrected chi connectivity index (χ1v) is 9.55. The summed E-state index contributed by atoms with van der Waals surface area (Å²) in [6.07, 6.45) is 6.10. The minimum Gasteiger partial charge on any atom is -0.372 e. The normalized spacial score (nSPS) is 20.8. The minimum absolute atomic E-state index is 0.328. The molecule has 138 valence electrons. The Bertz CT molecular complexity index is 590. The molecule has 0 bridgehead atoms. The van der Waals surface area contributed by atoms with Crippen LogP contribution in [0.3, 0.4) is 0 Å². The Balaban J connectivity index is 1.58. The zero-order valence-corrected chi connectivity index (χ0v) is 15.9. The van der Waals surface area contributed by atoms with Gasteiger partial charge in [0.05, 0.1) is 5.60 Å². The van der Waals surface area contributed by atoms with Crippen LogP contribution in [0.15, 0.2) is 29.8 Å². The van der Waals surface area contributed by atoms with Gasteiger partial charge in [0.25, 0.3) is 0 Å². The van der Waals surface area contributed by atoms with Gasteiger partial charge in [0.2, 0.25) is 6.41 Å². The van der Waals surface area contributed by atoms with Crippen LogP contribution in [0.25, 0.3) is 6.08 Å². The Morgan fingerprint density at radius 2 is 1.76 bits per heavy atom. The Hall–Kier alpha value is -1.36. The molecule has 0 spiro atoms. The van der Waals surface area contributed by atoms with E-state index < -0.39 is 6.41 Å². The lowest BCUT2D eigenvalue weighted by Crippen LogP contribution is -2.44. The van der Waals surface area contributed by atoms with Gasteiger partial charge in [-0.1, -0.05) is 23.8 Å². The Morgan fingerprint density at radius 1 is 1.08 bits per heavy atom. The number of likely N-dealkylation sites (tertiary alicyclic amines) is 1. The third-order valence-electron chi connectivity index (χ3n) is 4.92. The number of anilines is 1. The molecule has 0 radical (unpaired) electrons. The zero-order valence-electron chi connectivity index (χ0n) is 15.9. The van der Waals surface area contributed by atoms with E-state index in [1.165, 1.54) is 42.8 Å². The molecule has 25 heavy (non-hydrogen) atoms. The molecule has 4 heteroatoms. The van der Waals surface area contributed by atoms with Gasteiger partial charge in [0.1, 0.15) is 0 Å². The second kappa shape index (κ2) is 7.90. The number of hydrogen-bond acceptors (Lipinski definition) is 4. The van der Waals surface area contributed by atoms with Gasteiger partial charge in [-0.05, 0) is 64.2 Å². The zero-order chi connectivity index (χ0) is 17.9. The van der Waals surface area contributed by atoms with Gasteiger partial charge < -0.3 is 14.7 Å². The van der Waals surface area contributed by atoms with Crippen LogP contribution >= 0.6 is 0 Å². The quantitative estimate of drug-likeness (QED) is 0.842. The number of rotatable bonds is 4. The Morgan fingerprint density at radius 3 is 2.40 bits per heavy atom. The maximum absolute atomic E-state index is 10.2. The molecule has 1 atom stereocenters. The van der Waals surface area contributed by atoms with Crippen LogP contribution < -0.4 is 4.90 Å². The van der Waals surface area contributed by atoms with E-state index in [1.807, 2.05) is 25.7 Å². The maximum atomic E-state index is 10.2. The molecular weight excluding hydrogens is 312 g/mol. The number of hydrogen-bond donors (Lipinski definition) is 1. The topological polar surface area (TPSA) is 35.9 Å². The Kier molecular flexibility index (Phi) is 5.82. The molecule has 2 saturated heterocycles. The van der Waals surface area contributed by atoms with Gasteiger partial charge in [-0.15, -0.1) is 0 Å². The lowest BCUT2D eigenvalue weighted by molar-refractivity contribution is -0.240. The van der Waals surface area contributed by atoms with Crippen LogP contribution in [0.5, 0.6) is 0 Å². The first-order chi connectivity index (χ1) is 11.9. The summed E-state index contributed by atoms with van der Waals surface area (Å²) in [5, 5.41) is 10.2. The molecule has 2 fully saturated rings. The fraction of sp³-hybridized carbons (Fsp3) is 0.619. The molecule has 3 rings (SSSR count). The summed E-state index contributed by atoms with van der Waals surface area (Å²) in [5.41, 5.74) is 3.77. The smallest absolute Gasteiger partial charge is 0.216 e. The van der Waals surface area contributed by atoms with Gasteiger partial charge in [0.15, 0.2) is 0 Å². The van der Waals surface area contributed by atoms with E-state index >= 15 is 0 Å². The third kappa shape index (κ3) is 5.30. The average Bonchev–Trinajstić information content (AvgIpc) is 3.09. The van der Waals surface area contributed by atoms with Crippen LogP contribution in [-0.4, -0.2) is 48.2 Å². The largest absolute Gasteiger partial charge is 0.372 e. The molecule has 1 unspecified atom stereocenters. The van der Waals surface area contributed by atoms with Crippen molar-refractivity contribution in [1.29, 1.82) is 0 Å². The first-order valence-electron chi connectivity index (χ1n) is 9.55. The summed E-state index contributed by atoms with van der Waals surface area (Å²) in [6.45, 7) is 9.96. The summed E-state index contributed by atoms with van der Waals surface area (Å²) < 4.78 is 5.66. The van der Waals surface area contributed by atoms with Gasteiger partial charge >= 0.3 is 0 Å². The summed E-state index contributed by atoms with van der Waals surface area (Å²) in [7, 11) is 0. The van der Waals surface area contributed by atoms with Gasteiger partial charge in [-0.3, -0.25) is 4.90 Å². The van der Waals surface area contributed by atoms with Gasteiger partial charge in [-0.2, -0.15) is 0 Å². The van der Waals surface area contributed by atoms with E-state index in [-0.39, 0.29) is 5.60 Å². The third-order valence-corrected chi connectivity index (χ3v) is 4.92. The van der Waals surface area contributed by atoms with E-state index in [9.17, 15) is 5.11 Å². The van der Waals surface area contributed by atoms with Crippen molar-refractivity contribution in [3.8, 4) is 0 Å². The highest BCUT2D eigenvalue weighted by Crippen LogP contribution is 2.25. The van der Waals surface area contributed by atoms with E-state index in [2.05, 4.69) is 35.2 Å². The number of ether oxygens (including phenoxy) is 1. The highest BCUT2D eigenvalue weighted by atomic mass is 16.6.